The minimum Gasteiger partial charge on any atom is -0.494 e. The lowest BCUT2D eigenvalue weighted by Gasteiger charge is -2.37. The van der Waals surface area contributed by atoms with Gasteiger partial charge < -0.3 is 24.2 Å². The fourth-order valence-corrected chi connectivity index (χ4v) is 6.49. The van der Waals surface area contributed by atoms with Crippen LogP contribution in [0.5, 0.6) is 11.5 Å². The number of piperidine rings is 1. The Labute approximate surface area is 274 Å². The molecule has 2 aliphatic rings. The zero-order valence-electron chi connectivity index (χ0n) is 28.3. The molecule has 3 aromatic rings. The third kappa shape index (κ3) is 8.03. The molecule has 0 spiro atoms. The molecule has 1 saturated carbocycles. The average molecular weight is 630 g/mol. The monoisotopic (exact) mass is 629 g/mol. The topological polar surface area (TPSA) is 91.0 Å². The third-order valence-corrected chi connectivity index (χ3v) is 8.93. The Hall–Kier alpha value is -4.01. The Bertz CT molecular complexity index is 1450. The van der Waals surface area contributed by atoms with Gasteiger partial charge in [0, 0.05) is 67.8 Å². The van der Waals surface area contributed by atoms with Gasteiger partial charge in [0.1, 0.15) is 11.5 Å². The van der Waals surface area contributed by atoms with Gasteiger partial charge in [0.2, 0.25) is 5.91 Å². The van der Waals surface area contributed by atoms with Gasteiger partial charge in [0.25, 0.3) is 5.91 Å². The summed E-state index contributed by atoms with van der Waals surface area (Å²) in [5, 5.41) is 6.96. The van der Waals surface area contributed by atoms with Crippen molar-refractivity contribution in [3.63, 3.8) is 0 Å². The van der Waals surface area contributed by atoms with Crippen molar-refractivity contribution in [3.8, 4) is 22.6 Å². The molecule has 248 valence electrons. The van der Waals surface area contributed by atoms with Crippen molar-refractivity contribution in [2.45, 2.75) is 91.3 Å². The number of carbonyl (C=O) groups excluding carboxylic acids is 2. The van der Waals surface area contributed by atoms with Crippen LogP contribution in [0.25, 0.3) is 11.1 Å². The molecule has 1 N–H and O–H groups in total. The van der Waals surface area contributed by atoms with Crippen LogP contribution < -0.4 is 14.4 Å². The standard InChI is InChI=1S/C37H51N5O4/c1-6-18-40(19-7-2)36(44)37(4,5)46-33-13-9-12-32(22-33)41-20-10-11-29(25-41)35(43)42(31-16-17-31)26-28-15-14-27(21-34(28)45-8-3)30-23-38-39-24-30/h9,12-15,21-24,29,31H,6-8,10-11,16-20,25-26H2,1-5H3,(H,38,39)/t29-/m1/s1. The van der Waals surface area contributed by atoms with E-state index in [4.69, 9.17) is 9.47 Å². The predicted octanol–water partition coefficient (Wildman–Crippen LogP) is 6.69. The molecule has 9 heteroatoms. The van der Waals surface area contributed by atoms with Crippen molar-refractivity contribution in [3.05, 3.63) is 60.4 Å². The maximum absolute atomic E-state index is 14.2. The number of hydrogen-bond acceptors (Lipinski definition) is 6. The third-order valence-electron chi connectivity index (χ3n) is 8.93. The lowest BCUT2D eigenvalue weighted by Crippen LogP contribution is -2.49. The Morgan fingerprint density at radius 3 is 2.48 bits per heavy atom. The molecule has 0 radical (unpaired) electrons. The van der Waals surface area contributed by atoms with E-state index in [1.54, 1.807) is 6.20 Å². The second kappa shape index (κ2) is 15.1. The van der Waals surface area contributed by atoms with E-state index in [2.05, 4.69) is 58.1 Å². The minimum atomic E-state index is -0.981. The van der Waals surface area contributed by atoms with E-state index < -0.39 is 5.60 Å². The normalized spacial score (nSPS) is 16.6. The highest BCUT2D eigenvalue weighted by molar-refractivity contribution is 5.85. The number of hydrogen-bond donors (Lipinski definition) is 1. The predicted molar refractivity (Wildman–Crippen MR) is 182 cm³/mol. The average Bonchev–Trinajstić information content (AvgIpc) is 3.75. The number of H-pyrrole nitrogens is 1. The van der Waals surface area contributed by atoms with Crippen LogP contribution in [0.4, 0.5) is 5.69 Å². The first-order valence-electron chi connectivity index (χ1n) is 17.1. The Morgan fingerprint density at radius 1 is 1.02 bits per heavy atom. The zero-order valence-corrected chi connectivity index (χ0v) is 28.3. The van der Waals surface area contributed by atoms with Gasteiger partial charge in [-0.2, -0.15) is 5.10 Å². The molecule has 1 aliphatic heterocycles. The molecule has 1 saturated heterocycles. The number of nitrogens with zero attached hydrogens (tertiary/aromatic N) is 4. The molecular formula is C37H51N5O4. The van der Waals surface area contributed by atoms with Gasteiger partial charge >= 0.3 is 0 Å². The molecule has 2 aromatic carbocycles. The number of anilines is 1. The highest BCUT2D eigenvalue weighted by Crippen LogP contribution is 2.36. The van der Waals surface area contributed by atoms with E-state index in [9.17, 15) is 9.59 Å². The summed E-state index contributed by atoms with van der Waals surface area (Å²) in [6.45, 7) is 14.0. The molecule has 46 heavy (non-hydrogen) atoms. The molecule has 2 amide bonds. The first-order valence-corrected chi connectivity index (χ1v) is 17.1. The van der Waals surface area contributed by atoms with Crippen LogP contribution in [0.15, 0.2) is 54.9 Å². The number of amides is 2. The summed E-state index contributed by atoms with van der Waals surface area (Å²) in [5.74, 6) is 1.62. The Morgan fingerprint density at radius 2 is 1.80 bits per heavy atom. The van der Waals surface area contributed by atoms with Gasteiger partial charge in [-0.15, -0.1) is 0 Å². The second-order valence-electron chi connectivity index (χ2n) is 13.1. The lowest BCUT2D eigenvalue weighted by atomic mass is 9.95. The van der Waals surface area contributed by atoms with Crippen molar-refractivity contribution in [1.29, 1.82) is 0 Å². The summed E-state index contributed by atoms with van der Waals surface area (Å²) in [4.78, 5) is 33.8. The summed E-state index contributed by atoms with van der Waals surface area (Å²) >= 11 is 0. The van der Waals surface area contributed by atoms with E-state index >= 15 is 0 Å². The molecule has 1 aromatic heterocycles. The van der Waals surface area contributed by atoms with E-state index in [1.807, 2.05) is 50.1 Å². The van der Waals surface area contributed by atoms with Crippen molar-refractivity contribution in [2.75, 3.05) is 37.7 Å². The first kappa shape index (κ1) is 33.4. The second-order valence-corrected chi connectivity index (χ2v) is 13.1. The van der Waals surface area contributed by atoms with Gasteiger partial charge in [0.15, 0.2) is 5.60 Å². The number of aromatic nitrogens is 2. The summed E-state index contributed by atoms with van der Waals surface area (Å²) in [6.07, 6.45) is 9.40. The molecule has 9 nitrogen and oxygen atoms in total. The van der Waals surface area contributed by atoms with Crippen LogP contribution in [0, 0.1) is 5.92 Å². The van der Waals surface area contributed by atoms with Crippen LogP contribution in [0.2, 0.25) is 0 Å². The highest BCUT2D eigenvalue weighted by Gasteiger charge is 2.38. The quantitative estimate of drug-likeness (QED) is 0.202. The highest BCUT2D eigenvalue weighted by atomic mass is 16.5. The number of benzene rings is 2. The SMILES string of the molecule is CCCN(CCC)C(=O)C(C)(C)Oc1cccc(N2CCC[C@@H](C(=O)N(Cc3ccc(-c4cn[nH]c4)cc3OCC)C3CC3)C2)c1. The van der Waals surface area contributed by atoms with Gasteiger partial charge in [-0.05, 0) is 83.1 Å². The fraction of sp³-hybridized carbons (Fsp3) is 0.541. The van der Waals surface area contributed by atoms with Gasteiger partial charge in [0.05, 0.1) is 18.7 Å². The molecule has 1 aliphatic carbocycles. The van der Waals surface area contributed by atoms with Crippen molar-refractivity contribution < 1.29 is 19.1 Å². The van der Waals surface area contributed by atoms with Gasteiger partial charge in [-0.25, -0.2) is 0 Å². The fourth-order valence-electron chi connectivity index (χ4n) is 6.49. The Kier molecular flexibility index (Phi) is 10.9. The molecule has 5 rings (SSSR count). The van der Waals surface area contributed by atoms with Crippen molar-refractivity contribution in [1.82, 2.24) is 20.0 Å². The Balaban J connectivity index is 1.28. The van der Waals surface area contributed by atoms with E-state index in [-0.39, 0.29) is 23.8 Å². The smallest absolute Gasteiger partial charge is 0.266 e. The number of ether oxygens (including phenoxy) is 2. The summed E-state index contributed by atoms with van der Waals surface area (Å²) in [6, 6.07) is 14.5. The molecule has 2 heterocycles. The van der Waals surface area contributed by atoms with Crippen molar-refractivity contribution in [2.24, 2.45) is 5.92 Å². The number of nitrogens with one attached hydrogen (secondary N) is 1. The summed E-state index contributed by atoms with van der Waals surface area (Å²) in [7, 11) is 0. The molecule has 1 atom stereocenters. The zero-order chi connectivity index (χ0) is 32.7. The van der Waals surface area contributed by atoms with Gasteiger partial charge in [-0.3, -0.25) is 14.7 Å². The first-order chi connectivity index (χ1) is 22.2. The maximum atomic E-state index is 14.2. The van der Waals surface area contributed by atoms with Crippen LogP contribution in [0.1, 0.15) is 78.7 Å². The van der Waals surface area contributed by atoms with E-state index in [0.29, 0.717) is 25.4 Å². The van der Waals surface area contributed by atoms with Crippen LogP contribution in [0.3, 0.4) is 0 Å². The maximum Gasteiger partial charge on any atom is 0.266 e. The van der Waals surface area contributed by atoms with Crippen LogP contribution >= 0.6 is 0 Å². The van der Waals surface area contributed by atoms with E-state index in [0.717, 1.165) is 86.3 Å². The number of rotatable bonds is 15. The molecule has 2 fully saturated rings. The minimum absolute atomic E-state index is 0.00835. The lowest BCUT2D eigenvalue weighted by molar-refractivity contribution is -0.145. The summed E-state index contributed by atoms with van der Waals surface area (Å²) in [5.41, 5.74) is 3.10. The molecule has 0 unspecified atom stereocenters. The number of carbonyl (C=O) groups is 2. The van der Waals surface area contributed by atoms with Gasteiger partial charge in [-0.1, -0.05) is 32.0 Å². The number of aromatic amines is 1. The van der Waals surface area contributed by atoms with Crippen LogP contribution in [-0.4, -0.2) is 76.2 Å². The molecular weight excluding hydrogens is 578 g/mol. The summed E-state index contributed by atoms with van der Waals surface area (Å²) < 4.78 is 12.4. The van der Waals surface area contributed by atoms with Crippen LogP contribution in [-0.2, 0) is 16.1 Å². The van der Waals surface area contributed by atoms with E-state index in [1.165, 1.54) is 0 Å². The molecule has 0 bridgehead atoms. The van der Waals surface area contributed by atoms with Crippen molar-refractivity contribution >= 4 is 17.5 Å². The largest absolute Gasteiger partial charge is 0.494 e.